The molecule has 4 unspecified atom stereocenters. The lowest BCUT2D eigenvalue weighted by Crippen LogP contribution is -2.60. The van der Waals surface area contributed by atoms with Crippen molar-refractivity contribution in [2.75, 3.05) is 0 Å². The van der Waals surface area contributed by atoms with Crippen LogP contribution in [0.15, 0.2) is 0 Å². The number of aliphatic carboxylic acids is 2. The van der Waals surface area contributed by atoms with Crippen molar-refractivity contribution in [1.82, 2.24) is 0 Å². The summed E-state index contributed by atoms with van der Waals surface area (Å²) in [5.41, 5.74) is -2.28. The van der Waals surface area contributed by atoms with Crippen LogP contribution in [0.3, 0.4) is 0 Å². The van der Waals surface area contributed by atoms with Gasteiger partial charge in [0.1, 0.15) is 0 Å². The average Bonchev–Trinajstić information content (AvgIpc) is 2.56. The fourth-order valence-electron chi connectivity index (χ4n) is 5.12. The lowest BCUT2D eigenvalue weighted by atomic mass is 9.46. The van der Waals surface area contributed by atoms with Gasteiger partial charge in [0.2, 0.25) is 0 Å². The molecular weight excluding hydrogens is 304 g/mol. The standard InChI is InChI=1S/C20H36O4/c1-5-7-8-9-12-16(4)20(18(23)24)14-11-10-13-19(20,17(21)22)15(3)6-2/h15-16H,5-14H2,1-4H3,(H,21,22)(H,23,24). The fourth-order valence-corrected chi connectivity index (χ4v) is 5.12. The Balaban J connectivity index is 3.26. The minimum Gasteiger partial charge on any atom is -0.481 e. The van der Waals surface area contributed by atoms with Gasteiger partial charge in [0.15, 0.2) is 0 Å². The van der Waals surface area contributed by atoms with Gasteiger partial charge in [0, 0.05) is 0 Å². The maximum Gasteiger partial charge on any atom is 0.311 e. The summed E-state index contributed by atoms with van der Waals surface area (Å²) in [5.74, 6) is -2.05. The summed E-state index contributed by atoms with van der Waals surface area (Å²) >= 11 is 0. The Morgan fingerprint density at radius 3 is 1.79 bits per heavy atom. The number of carboxylic acids is 2. The first-order chi connectivity index (χ1) is 11.3. The second-order valence-electron chi connectivity index (χ2n) is 7.82. The van der Waals surface area contributed by atoms with Crippen LogP contribution in [0, 0.1) is 22.7 Å². The fraction of sp³-hybridized carbons (Fsp3) is 0.900. The van der Waals surface area contributed by atoms with Crippen LogP contribution < -0.4 is 0 Å². The number of hydrogen-bond acceptors (Lipinski definition) is 2. The highest BCUT2D eigenvalue weighted by molar-refractivity contribution is 5.87. The van der Waals surface area contributed by atoms with Crippen LogP contribution in [0.1, 0.15) is 91.9 Å². The first kappa shape index (κ1) is 21.0. The molecular formula is C20H36O4. The molecule has 2 N–H and O–H groups in total. The molecule has 0 aromatic heterocycles. The zero-order valence-corrected chi connectivity index (χ0v) is 15.9. The number of carboxylic acid groups (broad SMARTS) is 2. The molecule has 1 rings (SSSR count). The molecule has 1 aliphatic carbocycles. The van der Waals surface area contributed by atoms with Crippen LogP contribution >= 0.6 is 0 Å². The van der Waals surface area contributed by atoms with Crippen LogP contribution in [0.4, 0.5) is 0 Å². The maximum atomic E-state index is 12.5. The minimum atomic E-state index is -1.14. The minimum absolute atomic E-state index is 0.114. The van der Waals surface area contributed by atoms with Crippen LogP contribution in [0.25, 0.3) is 0 Å². The topological polar surface area (TPSA) is 74.6 Å². The Bertz CT molecular complexity index is 433. The van der Waals surface area contributed by atoms with Gasteiger partial charge in [0.25, 0.3) is 0 Å². The van der Waals surface area contributed by atoms with Gasteiger partial charge in [-0.15, -0.1) is 0 Å². The zero-order chi connectivity index (χ0) is 18.4. The summed E-state index contributed by atoms with van der Waals surface area (Å²) in [7, 11) is 0. The van der Waals surface area contributed by atoms with Crippen molar-refractivity contribution < 1.29 is 19.8 Å². The Kier molecular flexibility index (Phi) is 7.75. The molecule has 0 radical (unpaired) electrons. The summed E-state index contributed by atoms with van der Waals surface area (Å²) < 4.78 is 0. The highest BCUT2D eigenvalue weighted by Crippen LogP contribution is 2.60. The van der Waals surface area contributed by atoms with E-state index in [1.54, 1.807) is 0 Å². The van der Waals surface area contributed by atoms with Gasteiger partial charge in [0.05, 0.1) is 10.8 Å². The number of carbonyl (C=O) groups is 2. The van der Waals surface area contributed by atoms with E-state index in [1.165, 1.54) is 0 Å². The number of rotatable bonds is 10. The van der Waals surface area contributed by atoms with Crippen molar-refractivity contribution in [3.05, 3.63) is 0 Å². The quantitative estimate of drug-likeness (QED) is 0.525. The van der Waals surface area contributed by atoms with Crippen LogP contribution in [-0.2, 0) is 9.59 Å². The van der Waals surface area contributed by atoms with Crippen LogP contribution in [0.5, 0.6) is 0 Å². The van der Waals surface area contributed by atoms with E-state index >= 15 is 0 Å². The van der Waals surface area contributed by atoms with E-state index in [2.05, 4.69) is 6.92 Å². The smallest absolute Gasteiger partial charge is 0.311 e. The maximum absolute atomic E-state index is 12.5. The average molecular weight is 341 g/mol. The van der Waals surface area contributed by atoms with E-state index < -0.39 is 22.8 Å². The third kappa shape index (κ3) is 3.48. The molecule has 24 heavy (non-hydrogen) atoms. The van der Waals surface area contributed by atoms with Crippen molar-refractivity contribution in [3.8, 4) is 0 Å². The van der Waals surface area contributed by atoms with Crippen LogP contribution in [0.2, 0.25) is 0 Å². The zero-order valence-electron chi connectivity index (χ0n) is 15.9. The molecule has 0 saturated heterocycles. The Labute approximate surface area is 147 Å². The van der Waals surface area contributed by atoms with E-state index in [1.807, 2.05) is 20.8 Å². The summed E-state index contributed by atoms with van der Waals surface area (Å²) in [6.07, 6.45) is 8.50. The molecule has 0 heterocycles. The summed E-state index contributed by atoms with van der Waals surface area (Å²) in [6, 6.07) is 0. The highest BCUT2D eigenvalue weighted by Gasteiger charge is 2.65. The molecule has 4 atom stereocenters. The molecule has 0 aromatic carbocycles. The van der Waals surface area contributed by atoms with Crippen LogP contribution in [-0.4, -0.2) is 22.2 Å². The Morgan fingerprint density at radius 1 is 0.875 bits per heavy atom. The van der Waals surface area contributed by atoms with Gasteiger partial charge in [-0.3, -0.25) is 9.59 Å². The molecule has 140 valence electrons. The highest BCUT2D eigenvalue weighted by atomic mass is 16.4. The molecule has 4 heteroatoms. The van der Waals surface area contributed by atoms with Gasteiger partial charge in [-0.1, -0.05) is 72.6 Å². The first-order valence-electron chi connectivity index (χ1n) is 9.78. The molecule has 0 aromatic rings. The monoisotopic (exact) mass is 340 g/mol. The number of unbranched alkanes of at least 4 members (excludes halogenated alkanes) is 3. The number of hydrogen-bond donors (Lipinski definition) is 2. The van der Waals surface area contributed by atoms with Crippen molar-refractivity contribution in [2.45, 2.75) is 91.9 Å². The largest absolute Gasteiger partial charge is 0.481 e. The summed E-state index contributed by atoms with van der Waals surface area (Å²) in [5, 5.41) is 20.4. The molecule has 0 amide bonds. The Hall–Kier alpha value is -1.06. The van der Waals surface area contributed by atoms with E-state index in [0.717, 1.165) is 44.9 Å². The van der Waals surface area contributed by atoms with Crippen molar-refractivity contribution in [1.29, 1.82) is 0 Å². The predicted molar refractivity (Wildman–Crippen MR) is 96.0 cm³/mol. The van der Waals surface area contributed by atoms with Gasteiger partial charge in [-0.25, -0.2) is 0 Å². The summed E-state index contributed by atoms with van der Waals surface area (Å²) in [6.45, 7) is 8.04. The van der Waals surface area contributed by atoms with E-state index in [0.29, 0.717) is 19.3 Å². The van der Waals surface area contributed by atoms with Gasteiger partial charge < -0.3 is 10.2 Å². The molecule has 0 spiro atoms. The Morgan fingerprint density at radius 2 is 1.38 bits per heavy atom. The van der Waals surface area contributed by atoms with Crippen molar-refractivity contribution in [2.24, 2.45) is 22.7 Å². The van der Waals surface area contributed by atoms with E-state index in [-0.39, 0.29) is 11.8 Å². The second-order valence-corrected chi connectivity index (χ2v) is 7.82. The van der Waals surface area contributed by atoms with Gasteiger partial charge in [-0.05, 0) is 31.1 Å². The lowest BCUT2D eigenvalue weighted by Gasteiger charge is -2.54. The third-order valence-electron chi connectivity index (χ3n) is 6.74. The second kappa shape index (κ2) is 8.87. The summed E-state index contributed by atoms with van der Waals surface area (Å²) in [4.78, 5) is 24.9. The van der Waals surface area contributed by atoms with Crippen molar-refractivity contribution in [3.63, 3.8) is 0 Å². The molecule has 1 saturated carbocycles. The predicted octanol–water partition coefficient (Wildman–Crippen LogP) is 5.36. The lowest BCUT2D eigenvalue weighted by molar-refractivity contribution is -0.195. The molecule has 1 fully saturated rings. The molecule has 1 aliphatic rings. The van der Waals surface area contributed by atoms with E-state index in [4.69, 9.17) is 0 Å². The third-order valence-corrected chi connectivity index (χ3v) is 6.74. The normalized spacial score (nSPS) is 29.8. The van der Waals surface area contributed by atoms with Gasteiger partial charge >= 0.3 is 11.9 Å². The van der Waals surface area contributed by atoms with Gasteiger partial charge in [-0.2, -0.15) is 0 Å². The molecule has 4 nitrogen and oxygen atoms in total. The van der Waals surface area contributed by atoms with E-state index in [9.17, 15) is 19.8 Å². The molecule has 0 aliphatic heterocycles. The SMILES string of the molecule is CCCCCCC(C)C1(C(=O)O)CCCCC1(C(=O)O)C(C)CC. The first-order valence-corrected chi connectivity index (χ1v) is 9.78. The molecule has 0 bridgehead atoms. The van der Waals surface area contributed by atoms with Crippen molar-refractivity contribution >= 4 is 11.9 Å².